The maximum Gasteiger partial charge on any atom is 0.316 e. The predicted octanol–water partition coefficient (Wildman–Crippen LogP) is 5.44. The fourth-order valence-electron chi connectivity index (χ4n) is 3.72. The monoisotopic (exact) mass is 446 g/mol. The minimum atomic E-state index is -0.810. The number of benzene rings is 2. The second kappa shape index (κ2) is 8.20. The van der Waals surface area contributed by atoms with Crippen molar-refractivity contribution in [2.45, 2.75) is 26.2 Å². The van der Waals surface area contributed by atoms with Gasteiger partial charge in [-0.15, -0.1) is 0 Å². The summed E-state index contributed by atoms with van der Waals surface area (Å²) in [6.07, 6.45) is 5.57. The molecule has 0 unspecified atom stereocenters. The van der Waals surface area contributed by atoms with Gasteiger partial charge in [-0.3, -0.25) is 4.79 Å². The summed E-state index contributed by atoms with van der Waals surface area (Å²) < 4.78 is 6.73. The highest BCUT2D eigenvalue weighted by Gasteiger charge is 2.45. The summed E-state index contributed by atoms with van der Waals surface area (Å²) >= 11 is 1.63. The molecule has 7 nitrogen and oxygen atoms in total. The van der Waals surface area contributed by atoms with E-state index in [1.165, 1.54) is 5.56 Å². The third-order valence-electron chi connectivity index (χ3n) is 5.88. The molecule has 0 aliphatic heterocycles. The quantitative estimate of drug-likeness (QED) is 0.390. The van der Waals surface area contributed by atoms with E-state index in [4.69, 9.17) is 4.74 Å². The van der Waals surface area contributed by atoms with Crippen LogP contribution in [0.5, 0.6) is 6.01 Å². The summed E-state index contributed by atoms with van der Waals surface area (Å²) in [5.41, 5.74) is 4.21. The first-order valence-electron chi connectivity index (χ1n) is 10.4. The largest absolute Gasteiger partial charge is 0.481 e. The van der Waals surface area contributed by atoms with Crippen molar-refractivity contribution in [3.8, 4) is 17.1 Å². The number of rotatable bonds is 7. The number of carboxylic acids is 1. The minimum Gasteiger partial charge on any atom is -0.481 e. The van der Waals surface area contributed by atoms with Gasteiger partial charge in [0, 0.05) is 23.6 Å². The van der Waals surface area contributed by atoms with Gasteiger partial charge in [0.05, 0.1) is 10.2 Å². The summed E-state index contributed by atoms with van der Waals surface area (Å²) in [5, 5.41) is 13.6. The van der Waals surface area contributed by atoms with Gasteiger partial charge in [0.1, 0.15) is 12.0 Å². The van der Waals surface area contributed by atoms with E-state index in [0.29, 0.717) is 12.8 Å². The SMILES string of the molecule is Cc1ccc2nc(Nc3ccc(-c4cnc(OCC5(C(=O)O)CCC5)nc4)cc3)sc2c1. The van der Waals surface area contributed by atoms with Crippen molar-refractivity contribution in [2.24, 2.45) is 5.41 Å². The molecule has 0 amide bonds. The summed E-state index contributed by atoms with van der Waals surface area (Å²) in [6, 6.07) is 14.4. The zero-order valence-corrected chi connectivity index (χ0v) is 18.4. The molecule has 1 saturated carbocycles. The molecule has 8 heteroatoms. The Labute approximate surface area is 189 Å². The first-order chi connectivity index (χ1) is 15.5. The molecule has 162 valence electrons. The lowest BCUT2D eigenvalue weighted by atomic mass is 9.69. The number of hydrogen-bond donors (Lipinski definition) is 2. The summed E-state index contributed by atoms with van der Waals surface area (Å²) in [5.74, 6) is -0.810. The van der Waals surface area contributed by atoms with E-state index in [1.54, 1.807) is 23.7 Å². The maximum absolute atomic E-state index is 11.4. The van der Waals surface area contributed by atoms with E-state index >= 15 is 0 Å². The van der Waals surface area contributed by atoms with Gasteiger partial charge in [-0.1, -0.05) is 36.0 Å². The number of aromatic nitrogens is 3. The van der Waals surface area contributed by atoms with Gasteiger partial charge in [-0.05, 0) is 55.2 Å². The molecule has 2 aromatic heterocycles. The molecular weight excluding hydrogens is 424 g/mol. The molecule has 0 radical (unpaired) electrons. The van der Waals surface area contributed by atoms with Crippen LogP contribution in [-0.2, 0) is 4.79 Å². The third-order valence-corrected chi connectivity index (χ3v) is 6.82. The second-order valence-electron chi connectivity index (χ2n) is 8.17. The zero-order chi connectivity index (χ0) is 22.1. The highest BCUT2D eigenvalue weighted by atomic mass is 32.1. The number of aryl methyl sites for hydroxylation is 1. The van der Waals surface area contributed by atoms with Crippen molar-refractivity contribution in [1.29, 1.82) is 0 Å². The molecule has 5 rings (SSSR count). The Hall–Kier alpha value is -3.52. The lowest BCUT2D eigenvalue weighted by Crippen LogP contribution is -2.43. The Morgan fingerprint density at radius 3 is 2.53 bits per heavy atom. The van der Waals surface area contributed by atoms with Crippen LogP contribution >= 0.6 is 11.3 Å². The minimum absolute atomic E-state index is 0.105. The Kier molecular flexibility index (Phi) is 5.22. The summed E-state index contributed by atoms with van der Waals surface area (Å²) in [4.78, 5) is 24.6. The second-order valence-corrected chi connectivity index (χ2v) is 9.21. The Bertz CT molecular complexity index is 1260. The van der Waals surface area contributed by atoms with Gasteiger partial charge in [0.15, 0.2) is 5.13 Å². The first kappa shape index (κ1) is 20.4. The van der Waals surface area contributed by atoms with E-state index in [2.05, 4.69) is 39.3 Å². The van der Waals surface area contributed by atoms with E-state index in [-0.39, 0.29) is 12.6 Å². The average molecular weight is 447 g/mol. The Balaban J connectivity index is 1.24. The summed E-state index contributed by atoms with van der Waals surface area (Å²) in [7, 11) is 0. The third kappa shape index (κ3) is 4.01. The van der Waals surface area contributed by atoms with E-state index in [9.17, 15) is 9.90 Å². The molecule has 0 bridgehead atoms. The lowest BCUT2D eigenvalue weighted by Gasteiger charge is -2.36. The normalized spacial score (nSPS) is 14.7. The van der Waals surface area contributed by atoms with E-state index < -0.39 is 11.4 Å². The fraction of sp³-hybridized carbons (Fsp3) is 0.250. The van der Waals surface area contributed by atoms with Gasteiger partial charge in [0.2, 0.25) is 0 Å². The number of thiazole rings is 1. The van der Waals surface area contributed by atoms with Crippen LogP contribution in [-0.4, -0.2) is 32.6 Å². The Morgan fingerprint density at radius 2 is 1.88 bits per heavy atom. The topological polar surface area (TPSA) is 97.2 Å². The van der Waals surface area contributed by atoms with Crippen LogP contribution in [0.25, 0.3) is 21.3 Å². The molecule has 0 spiro atoms. The van der Waals surface area contributed by atoms with Gasteiger partial charge < -0.3 is 15.2 Å². The highest BCUT2D eigenvalue weighted by Crippen LogP contribution is 2.41. The van der Waals surface area contributed by atoms with Crippen molar-refractivity contribution in [1.82, 2.24) is 15.0 Å². The molecule has 1 aliphatic rings. The number of hydrogen-bond acceptors (Lipinski definition) is 7. The summed E-state index contributed by atoms with van der Waals surface area (Å²) in [6.45, 7) is 2.18. The van der Waals surface area contributed by atoms with Crippen molar-refractivity contribution in [2.75, 3.05) is 11.9 Å². The molecule has 32 heavy (non-hydrogen) atoms. The number of fused-ring (bicyclic) bond motifs is 1. The molecular formula is C24H22N4O3S. The van der Waals surface area contributed by atoms with Crippen LogP contribution in [0.15, 0.2) is 54.9 Å². The van der Waals surface area contributed by atoms with Gasteiger partial charge >= 0.3 is 12.0 Å². The number of nitrogens with zero attached hydrogens (tertiary/aromatic N) is 3. The number of nitrogens with one attached hydrogen (secondary N) is 1. The van der Waals surface area contributed by atoms with E-state index in [0.717, 1.165) is 38.6 Å². The van der Waals surface area contributed by atoms with Crippen LogP contribution in [0.4, 0.5) is 10.8 Å². The van der Waals surface area contributed by atoms with Crippen LogP contribution in [0.1, 0.15) is 24.8 Å². The molecule has 0 saturated heterocycles. The molecule has 1 fully saturated rings. The first-order valence-corrected chi connectivity index (χ1v) is 11.3. The van der Waals surface area contributed by atoms with Gasteiger partial charge in [-0.2, -0.15) is 0 Å². The standard InChI is InChI=1S/C24H22N4O3S/c1-15-3-8-19-20(11-15)32-23(28-19)27-18-6-4-16(5-7-18)17-12-25-22(26-13-17)31-14-24(21(29)30)9-2-10-24/h3-8,11-13H,2,9-10,14H2,1H3,(H,27,28)(H,29,30). The molecule has 2 N–H and O–H groups in total. The highest BCUT2D eigenvalue weighted by molar-refractivity contribution is 7.22. The molecule has 1 aliphatic carbocycles. The molecule has 2 aromatic carbocycles. The predicted molar refractivity (Wildman–Crippen MR) is 125 cm³/mol. The number of carboxylic acid groups (broad SMARTS) is 1. The van der Waals surface area contributed by atoms with Gasteiger partial charge in [-0.25, -0.2) is 15.0 Å². The molecule has 4 aromatic rings. The van der Waals surface area contributed by atoms with Crippen LogP contribution in [0.2, 0.25) is 0 Å². The van der Waals surface area contributed by atoms with Crippen molar-refractivity contribution in [3.05, 3.63) is 60.4 Å². The number of ether oxygens (including phenoxy) is 1. The van der Waals surface area contributed by atoms with Crippen LogP contribution in [0.3, 0.4) is 0 Å². The molecule has 0 atom stereocenters. The number of aliphatic carboxylic acids is 1. The van der Waals surface area contributed by atoms with Crippen molar-refractivity contribution >= 4 is 38.3 Å². The van der Waals surface area contributed by atoms with Crippen molar-refractivity contribution < 1.29 is 14.6 Å². The van der Waals surface area contributed by atoms with E-state index in [1.807, 2.05) is 30.3 Å². The fourth-order valence-corrected chi connectivity index (χ4v) is 4.71. The van der Waals surface area contributed by atoms with Crippen molar-refractivity contribution in [3.63, 3.8) is 0 Å². The number of carbonyl (C=O) groups is 1. The smallest absolute Gasteiger partial charge is 0.316 e. The lowest BCUT2D eigenvalue weighted by molar-refractivity contribution is -0.157. The number of anilines is 2. The average Bonchev–Trinajstić information content (AvgIpc) is 3.15. The zero-order valence-electron chi connectivity index (χ0n) is 17.5. The van der Waals surface area contributed by atoms with Crippen LogP contribution in [0, 0.1) is 12.3 Å². The molecule has 2 heterocycles. The maximum atomic E-state index is 11.4. The van der Waals surface area contributed by atoms with Gasteiger partial charge in [0.25, 0.3) is 0 Å². The Morgan fingerprint density at radius 1 is 1.12 bits per heavy atom. The van der Waals surface area contributed by atoms with Crippen LogP contribution < -0.4 is 10.1 Å².